The molecule has 4 rings (SSSR count). The predicted molar refractivity (Wildman–Crippen MR) is 162 cm³/mol. The highest BCUT2D eigenvalue weighted by Gasteiger charge is 2.36. The summed E-state index contributed by atoms with van der Waals surface area (Å²) in [7, 11) is 3.49. The number of ether oxygens (including phenoxy) is 1. The molecule has 1 fully saturated rings. The molecule has 1 aromatic rings. The number of hydrogen-bond acceptors (Lipinski definition) is 4. The highest BCUT2D eigenvalue weighted by Crippen LogP contribution is 2.46. The van der Waals surface area contributed by atoms with Crippen molar-refractivity contribution in [2.24, 2.45) is 28.5 Å². The summed E-state index contributed by atoms with van der Waals surface area (Å²) in [5.74, 6) is 1.79. The highest BCUT2D eigenvalue weighted by molar-refractivity contribution is 6.06. The van der Waals surface area contributed by atoms with Gasteiger partial charge in [0.05, 0.1) is 7.11 Å². The van der Waals surface area contributed by atoms with Crippen LogP contribution in [0.1, 0.15) is 65.0 Å². The van der Waals surface area contributed by atoms with Gasteiger partial charge in [0.15, 0.2) is 0 Å². The Morgan fingerprint density at radius 2 is 1.90 bits per heavy atom. The molecule has 1 aromatic carbocycles. The van der Waals surface area contributed by atoms with Gasteiger partial charge in [-0.3, -0.25) is 9.79 Å². The molecule has 4 atom stereocenters. The summed E-state index contributed by atoms with van der Waals surface area (Å²) in [6.45, 7) is 13.2. The van der Waals surface area contributed by atoms with E-state index in [9.17, 15) is 4.79 Å². The average molecular weight is 526 g/mol. The van der Waals surface area contributed by atoms with Crippen LogP contribution >= 0.6 is 0 Å². The van der Waals surface area contributed by atoms with Gasteiger partial charge >= 0.3 is 0 Å². The third-order valence-corrected chi connectivity index (χ3v) is 8.96. The number of aryl methyl sites for hydroxylation is 1. The summed E-state index contributed by atoms with van der Waals surface area (Å²) < 4.78 is 5.80. The fraction of sp³-hybridized carbons (Fsp3) is 0.412. The highest BCUT2D eigenvalue weighted by atomic mass is 16.5. The summed E-state index contributed by atoms with van der Waals surface area (Å²) in [5.41, 5.74) is 16.8. The third kappa shape index (κ3) is 5.07. The first-order chi connectivity index (χ1) is 18.7. The Morgan fingerprint density at radius 1 is 1.15 bits per heavy atom. The van der Waals surface area contributed by atoms with Gasteiger partial charge in [0.2, 0.25) is 0 Å². The Hall–Kier alpha value is -3.60. The molecule has 5 nitrogen and oxygen atoms in total. The van der Waals surface area contributed by atoms with Crippen molar-refractivity contribution in [2.75, 3.05) is 14.2 Å². The van der Waals surface area contributed by atoms with Crippen LogP contribution in [0.2, 0.25) is 0 Å². The van der Waals surface area contributed by atoms with E-state index in [-0.39, 0.29) is 23.7 Å². The van der Waals surface area contributed by atoms with Crippen LogP contribution < -0.4 is 15.8 Å². The standard InChI is InChI=1S/C34H43N3O2/c1-9-23-11-12-32(39-8)29(13-23)27-16-28-30(34(38)37-31(28)14-24(27)10-2)15-26-20(4)19(3)21(5)33(22(26)6)25(17-35)18-36-7/h11-20,24,27H,9-10,35H2,1-8H3,(H,37,38)/b25-17?,30-15-,36-18?. The molecular weight excluding hydrogens is 482 g/mol. The van der Waals surface area contributed by atoms with Crippen molar-refractivity contribution in [3.63, 3.8) is 0 Å². The molecule has 0 bridgehead atoms. The van der Waals surface area contributed by atoms with Gasteiger partial charge in [-0.2, -0.15) is 0 Å². The number of nitrogens with zero attached hydrogens (tertiary/aromatic N) is 1. The number of nitrogens with two attached hydrogens (primary N) is 1. The van der Waals surface area contributed by atoms with Gasteiger partial charge < -0.3 is 15.8 Å². The van der Waals surface area contributed by atoms with Crippen LogP contribution in [0, 0.1) is 17.8 Å². The van der Waals surface area contributed by atoms with Crippen molar-refractivity contribution < 1.29 is 9.53 Å². The maximum atomic E-state index is 13.4. The quantitative estimate of drug-likeness (QED) is 0.307. The molecule has 0 radical (unpaired) electrons. The lowest BCUT2D eigenvalue weighted by atomic mass is 9.71. The molecule has 2 aliphatic carbocycles. The van der Waals surface area contributed by atoms with Crippen LogP contribution in [0.15, 0.2) is 92.3 Å². The first kappa shape index (κ1) is 28.4. The monoisotopic (exact) mass is 525 g/mol. The first-order valence-electron chi connectivity index (χ1n) is 14.1. The maximum absolute atomic E-state index is 13.4. The van der Waals surface area contributed by atoms with E-state index in [1.54, 1.807) is 20.4 Å². The van der Waals surface area contributed by atoms with Crippen molar-refractivity contribution in [3.05, 3.63) is 98.5 Å². The SMILES string of the molecule is CCc1ccc(OC)c(C2C=C3C(=CC2CC)NC(=O)/C3=C\C2=C(C)C(C(C=NC)=CN)=C(C)C(C)C2C)c1. The van der Waals surface area contributed by atoms with Crippen LogP contribution in [0.3, 0.4) is 0 Å². The smallest absolute Gasteiger partial charge is 0.256 e. The molecule has 1 aliphatic heterocycles. The van der Waals surface area contributed by atoms with Gasteiger partial charge in [0, 0.05) is 53.4 Å². The zero-order valence-electron chi connectivity index (χ0n) is 24.7. The second-order valence-electron chi connectivity index (χ2n) is 10.9. The van der Waals surface area contributed by atoms with Gasteiger partial charge in [-0.05, 0) is 78.9 Å². The topological polar surface area (TPSA) is 76.7 Å². The van der Waals surface area contributed by atoms with Crippen molar-refractivity contribution in [1.82, 2.24) is 5.32 Å². The molecule has 0 saturated carbocycles. The fourth-order valence-electron chi connectivity index (χ4n) is 6.38. The van der Waals surface area contributed by atoms with Gasteiger partial charge in [0.25, 0.3) is 5.91 Å². The van der Waals surface area contributed by atoms with Crippen LogP contribution in [0.4, 0.5) is 0 Å². The number of amides is 1. The van der Waals surface area contributed by atoms with Gasteiger partial charge in [-0.15, -0.1) is 0 Å². The molecule has 5 heteroatoms. The van der Waals surface area contributed by atoms with Crippen LogP contribution in [-0.2, 0) is 11.2 Å². The maximum Gasteiger partial charge on any atom is 0.256 e. The Labute approximate surface area is 234 Å². The number of hydrogen-bond donors (Lipinski definition) is 2. The lowest BCUT2D eigenvalue weighted by Gasteiger charge is -2.33. The first-order valence-corrected chi connectivity index (χ1v) is 14.1. The van der Waals surface area contributed by atoms with Crippen LogP contribution in [0.25, 0.3) is 0 Å². The zero-order valence-corrected chi connectivity index (χ0v) is 24.7. The number of carbonyl (C=O) groups is 1. The zero-order chi connectivity index (χ0) is 28.4. The molecule has 206 valence electrons. The summed E-state index contributed by atoms with van der Waals surface area (Å²) in [4.78, 5) is 17.7. The van der Waals surface area contributed by atoms with E-state index < -0.39 is 0 Å². The number of allylic oxidation sites excluding steroid dienone is 9. The molecule has 0 spiro atoms. The summed E-state index contributed by atoms with van der Waals surface area (Å²) in [5, 5.41) is 3.17. The lowest BCUT2D eigenvalue weighted by molar-refractivity contribution is -0.115. The Bertz CT molecular complexity index is 1380. The average Bonchev–Trinajstić information content (AvgIpc) is 3.25. The summed E-state index contributed by atoms with van der Waals surface area (Å²) in [6.07, 6.45) is 12.0. The number of aliphatic imine (C=N–C) groups is 1. The molecule has 0 aromatic heterocycles. The van der Waals surface area contributed by atoms with Gasteiger partial charge in [-0.1, -0.05) is 57.6 Å². The largest absolute Gasteiger partial charge is 0.496 e. The molecule has 1 amide bonds. The van der Waals surface area contributed by atoms with E-state index in [4.69, 9.17) is 10.5 Å². The van der Waals surface area contributed by atoms with E-state index >= 15 is 0 Å². The lowest BCUT2D eigenvalue weighted by Crippen LogP contribution is -2.21. The van der Waals surface area contributed by atoms with E-state index in [0.717, 1.165) is 52.2 Å². The molecule has 1 saturated heterocycles. The van der Waals surface area contributed by atoms with Crippen LogP contribution in [0.5, 0.6) is 5.75 Å². The van der Waals surface area contributed by atoms with Crippen molar-refractivity contribution >= 4 is 12.1 Å². The normalized spacial score (nSPS) is 26.7. The summed E-state index contributed by atoms with van der Waals surface area (Å²) >= 11 is 0. The minimum atomic E-state index is -0.0463. The molecule has 4 unspecified atom stereocenters. The Kier molecular flexibility index (Phi) is 8.48. The minimum Gasteiger partial charge on any atom is -0.496 e. The summed E-state index contributed by atoms with van der Waals surface area (Å²) in [6, 6.07) is 6.47. The minimum absolute atomic E-state index is 0.0463. The van der Waals surface area contributed by atoms with Crippen molar-refractivity contribution in [3.8, 4) is 5.75 Å². The van der Waals surface area contributed by atoms with Gasteiger partial charge in [0.1, 0.15) is 5.75 Å². The number of fused-ring (bicyclic) bond motifs is 1. The van der Waals surface area contributed by atoms with Gasteiger partial charge in [-0.25, -0.2) is 0 Å². The van der Waals surface area contributed by atoms with E-state index in [1.165, 1.54) is 22.3 Å². The molecule has 39 heavy (non-hydrogen) atoms. The van der Waals surface area contributed by atoms with E-state index in [0.29, 0.717) is 5.92 Å². The Morgan fingerprint density at radius 3 is 2.51 bits per heavy atom. The number of nitrogens with one attached hydrogen (secondary N) is 1. The van der Waals surface area contributed by atoms with E-state index in [1.807, 2.05) is 6.21 Å². The molecular formula is C34H43N3O2. The second kappa shape index (κ2) is 11.6. The molecule has 3 aliphatic rings. The number of benzene rings is 1. The van der Waals surface area contributed by atoms with Crippen LogP contribution in [-0.4, -0.2) is 26.3 Å². The number of carbonyl (C=O) groups excluding carboxylic acids is 1. The fourth-order valence-corrected chi connectivity index (χ4v) is 6.38. The predicted octanol–water partition coefficient (Wildman–Crippen LogP) is 6.71. The third-order valence-electron chi connectivity index (χ3n) is 8.96. The van der Waals surface area contributed by atoms with E-state index in [2.05, 4.69) is 88.3 Å². The number of methoxy groups -OCH3 is 1. The molecule has 3 N–H and O–H groups in total. The Balaban J connectivity index is 1.88. The second-order valence-corrected chi connectivity index (χ2v) is 10.9. The molecule has 1 heterocycles. The van der Waals surface area contributed by atoms with Crippen molar-refractivity contribution in [1.29, 1.82) is 0 Å². The number of rotatable bonds is 7. The van der Waals surface area contributed by atoms with Crippen molar-refractivity contribution in [2.45, 2.75) is 60.3 Å².